The molecule has 0 fully saturated rings. The molecule has 0 saturated heterocycles. The molecule has 3 heterocycles. The number of anilines is 4. The summed E-state index contributed by atoms with van der Waals surface area (Å²) in [6.07, 6.45) is 1.91. The smallest absolute Gasteiger partial charge is 0.135 e. The van der Waals surface area contributed by atoms with Crippen molar-refractivity contribution in [1.29, 1.82) is 0 Å². The number of aromatic nitrogens is 2. The molecule has 2 aromatic heterocycles. The van der Waals surface area contributed by atoms with Crippen molar-refractivity contribution in [3.8, 4) is 28.4 Å². The molecule has 0 amide bonds. The Bertz CT molecular complexity index is 2860. The van der Waals surface area contributed by atoms with Gasteiger partial charge in [-0.15, -0.1) is 53.6 Å². The SMILES string of the molecule is CC(C)(C)c1cc(Oc2[c-]c3c(cc2)c2ccccc2n3-c2cc(C(C)(C)C)ccn2)[c-]c(N2[CH-]N(c3cccc(-c4ccccc4)c3)c3ccc(C(C)(C)C)cc32)c1.[Pt]. The van der Waals surface area contributed by atoms with Gasteiger partial charge in [-0.05, 0) is 86.3 Å². The topological polar surface area (TPSA) is 33.5 Å². The third-order valence-corrected chi connectivity index (χ3v) is 11.4. The molecule has 1 aliphatic heterocycles. The zero-order chi connectivity index (χ0) is 41.3. The van der Waals surface area contributed by atoms with Crippen LogP contribution in [0.4, 0.5) is 22.7 Å². The van der Waals surface area contributed by atoms with Crippen molar-refractivity contribution in [3.63, 3.8) is 0 Å². The fourth-order valence-corrected chi connectivity index (χ4v) is 7.93. The van der Waals surface area contributed by atoms with E-state index in [1.807, 2.05) is 12.3 Å². The van der Waals surface area contributed by atoms with E-state index >= 15 is 0 Å². The average molecular weight is 967 g/mol. The zero-order valence-corrected chi connectivity index (χ0v) is 38.1. The summed E-state index contributed by atoms with van der Waals surface area (Å²) >= 11 is 0. The molecule has 6 aromatic carbocycles. The summed E-state index contributed by atoms with van der Waals surface area (Å²) in [5, 5.41) is 2.24. The number of pyridine rings is 1. The number of ether oxygens (including phenoxy) is 1. The molecule has 0 bridgehead atoms. The fraction of sp³-hybridized carbons (Fsp3) is 0.222. The predicted octanol–water partition coefficient (Wildman–Crippen LogP) is 14.5. The number of fused-ring (bicyclic) bond motifs is 4. The molecule has 6 heteroatoms. The minimum absolute atomic E-state index is 0. The van der Waals surface area contributed by atoms with Gasteiger partial charge in [0.2, 0.25) is 0 Å². The van der Waals surface area contributed by atoms with Gasteiger partial charge in [-0.25, -0.2) is 4.98 Å². The van der Waals surface area contributed by atoms with Gasteiger partial charge in [0.1, 0.15) is 5.82 Å². The molecule has 0 atom stereocenters. The van der Waals surface area contributed by atoms with Gasteiger partial charge in [0.25, 0.3) is 0 Å². The average Bonchev–Trinajstić information content (AvgIpc) is 3.76. The van der Waals surface area contributed by atoms with E-state index in [1.165, 1.54) is 22.3 Å². The van der Waals surface area contributed by atoms with Crippen LogP contribution in [0.15, 0.2) is 140 Å². The molecule has 9 rings (SSSR count). The minimum Gasteiger partial charge on any atom is -0.509 e. The summed E-state index contributed by atoms with van der Waals surface area (Å²) in [4.78, 5) is 9.43. The van der Waals surface area contributed by atoms with E-state index in [4.69, 9.17) is 9.72 Å². The van der Waals surface area contributed by atoms with Gasteiger partial charge < -0.3 is 19.1 Å². The zero-order valence-electron chi connectivity index (χ0n) is 35.9. The summed E-state index contributed by atoms with van der Waals surface area (Å²) < 4.78 is 9.04. The minimum atomic E-state index is -0.161. The van der Waals surface area contributed by atoms with Crippen molar-refractivity contribution in [2.24, 2.45) is 0 Å². The Kier molecular flexibility index (Phi) is 10.6. The van der Waals surface area contributed by atoms with Gasteiger partial charge in [-0.1, -0.05) is 135 Å². The Labute approximate surface area is 369 Å². The van der Waals surface area contributed by atoms with Crippen molar-refractivity contribution in [3.05, 3.63) is 175 Å². The molecule has 1 aliphatic rings. The molecule has 0 spiro atoms. The maximum Gasteiger partial charge on any atom is 0.135 e. The first kappa shape index (κ1) is 41.1. The van der Waals surface area contributed by atoms with E-state index in [2.05, 4.69) is 223 Å². The third kappa shape index (κ3) is 7.77. The van der Waals surface area contributed by atoms with Gasteiger partial charge in [0.15, 0.2) is 0 Å². The quantitative estimate of drug-likeness (QED) is 0.156. The number of hydrogen-bond acceptors (Lipinski definition) is 4. The van der Waals surface area contributed by atoms with Crippen LogP contribution in [-0.2, 0) is 37.3 Å². The van der Waals surface area contributed by atoms with Gasteiger partial charge in [0, 0.05) is 61.3 Å². The Morgan fingerprint density at radius 2 is 1.23 bits per heavy atom. The van der Waals surface area contributed by atoms with Crippen molar-refractivity contribution in [2.45, 2.75) is 78.6 Å². The molecule has 5 nitrogen and oxygen atoms in total. The summed E-state index contributed by atoms with van der Waals surface area (Å²) in [6.45, 7) is 22.4. The molecule has 0 unspecified atom stereocenters. The van der Waals surface area contributed by atoms with Crippen molar-refractivity contribution in [1.82, 2.24) is 9.55 Å². The van der Waals surface area contributed by atoms with Crippen LogP contribution < -0.4 is 14.5 Å². The van der Waals surface area contributed by atoms with Crippen LogP contribution in [0.1, 0.15) is 79.0 Å². The number of benzene rings is 6. The number of hydrogen-bond donors (Lipinski definition) is 0. The molecule has 0 aliphatic carbocycles. The molecule has 0 N–H and O–H groups in total. The fourth-order valence-electron chi connectivity index (χ4n) is 7.93. The second kappa shape index (κ2) is 15.4. The summed E-state index contributed by atoms with van der Waals surface area (Å²) in [6, 6.07) is 54.8. The van der Waals surface area contributed by atoms with Crippen LogP contribution in [0.2, 0.25) is 0 Å². The molecule has 60 heavy (non-hydrogen) atoms. The molecule has 0 radical (unpaired) electrons. The molecular formula is C54H51N4OPt-3. The van der Waals surface area contributed by atoms with Crippen LogP contribution in [-0.4, -0.2) is 9.55 Å². The summed E-state index contributed by atoms with van der Waals surface area (Å²) in [5.74, 6) is 2.10. The summed E-state index contributed by atoms with van der Waals surface area (Å²) in [7, 11) is 0. The molecule has 0 saturated carbocycles. The molecular weight excluding hydrogens is 916 g/mol. The standard InChI is InChI=1S/C54H51N4O.Pt/c1-52(2,3)38-22-25-48-50(31-38)57(35-56(48)41-19-15-18-37(28-41)36-16-11-10-12-17-36)42-29-40(54(7,8)9)30-44(33-42)59-43-23-24-46-45-20-13-14-21-47(45)58(49(46)34-43)51-32-39(26-27-55-51)53(4,5)6;/h10-32,35H,1-9H3;/q-3;. The van der Waals surface area contributed by atoms with E-state index in [9.17, 15) is 0 Å². The van der Waals surface area contributed by atoms with E-state index in [0.717, 1.165) is 55.9 Å². The van der Waals surface area contributed by atoms with E-state index < -0.39 is 0 Å². The first-order valence-corrected chi connectivity index (χ1v) is 20.5. The number of rotatable bonds is 6. The summed E-state index contributed by atoms with van der Waals surface area (Å²) in [5.41, 5.74) is 12.0. The van der Waals surface area contributed by atoms with Gasteiger partial charge in [-0.2, -0.15) is 6.07 Å². The van der Waals surface area contributed by atoms with Crippen LogP contribution in [0, 0.1) is 18.8 Å². The second-order valence-corrected chi connectivity index (χ2v) is 18.8. The van der Waals surface area contributed by atoms with E-state index in [0.29, 0.717) is 11.5 Å². The monoisotopic (exact) mass is 966 g/mol. The van der Waals surface area contributed by atoms with Crippen LogP contribution >= 0.6 is 0 Å². The first-order valence-electron chi connectivity index (χ1n) is 20.5. The van der Waals surface area contributed by atoms with Crippen LogP contribution in [0.3, 0.4) is 0 Å². The second-order valence-electron chi connectivity index (χ2n) is 18.8. The Morgan fingerprint density at radius 1 is 0.533 bits per heavy atom. The van der Waals surface area contributed by atoms with Crippen LogP contribution in [0.25, 0.3) is 38.8 Å². The molecule has 306 valence electrons. The Morgan fingerprint density at radius 3 is 1.98 bits per heavy atom. The van der Waals surface area contributed by atoms with Crippen molar-refractivity contribution < 1.29 is 25.8 Å². The van der Waals surface area contributed by atoms with E-state index in [1.54, 1.807) is 0 Å². The van der Waals surface area contributed by atoms with Crippen molar-refractivity contribution >= 4 is 44.6 Å². The predicted molar refractivity (Wildman–Crippen MR) is 246 cm³/mol. The van der Waals surface area contributed by atoms with Crippen LogP contribution in [0.5, 0.6) is 11.5 Å². The maximum atomic E-state index is 6.83. The van der Waals surface area contributed by atoms with E-state index in [-0.39, 0.29) is 37.3 Å². The van der Waals surface area contributed by atoms with Crippen molar-refractivity contribution in [2.75, 3.05) is 9.80 Å². The normalized spacial score (nSPS) is 13.2. The third-order valence-electron chi connectivity index (χ3n) is 11.4. The van der Waals surface area contributed by atoms with Gasteiger partial charge >= 0.3 is 0 Å². The van der Waals surface area contributed by atoms with Gasteiger partial charge in [0.05, 0.1) is 0 Å². The Hall–Kier alpha value is -5.64. The Balaban J connectivity index is 0.00000499. The van der Waals surface area contributed by atoms with Gasteiger partial charge in [-0.3, -0.25) is 0 Å². The number of para-hydroxylation sites is 1. The largest absolute Gasteiger partial charge is 0.509 e. The first-order chi connectivity index (χ1) is 28.1. The maximum absolute atomic E-state index is 6.83. The number of nitrogens with zero attached hydrogens (tertiary/aromatic N) is 4. The molecule has 8 aromatic rings.